The predicted molar refractivity (Wildman–Crippen MR) is 125 cm³/mol. The third kappa shape index (κ3) is 4.22. The summed E-state index contributed by atoms with van der Waals surface area (Å²) in [7, 11) is 0. The van der Waals surface area contributed by atoms with E-state index in [-0.39, 0.29) is 5.91 Å². The minimum absolute atomic E-state index is 0.149. The number of aromatic nitrogens is 4. The zero-order valence-corrected chi connectivity index (χ0v) is 18.9. The van der Waals surface area contributed by atoms with Crippen LogP contribution in [0.5, 0.6) is 0 Å². The Hall–Kier alpha value is -2.71. The zero-order chi connectivity index (χ0) is 21.2. The van der Waals surface area contributed by atoms with Crippen molar-refractivity contribution in [1.82, 2.24) is 24.6 Å². The number of benzene rings is 2. The Morgan fingerprint density at radius 3 is 2.77 bits per heavy atom. The molecule has 0 bridgehead atoms. The van der Waals surface area contributed by atoms with Crippen LogP contribution in [0.2, 0.25) is 0 Å². The lowest BCUT2D eigenvalue weighted by Gasteiger charge is -2.31. The van der Waals surface area contributed by atoms with E-state index in [2.05, 4.69) is 22.3 Å². The Kier molecular flexibility index (Phi) is 5.74. The van der Waals surface area contributed by atoms with Crippen molar-refractivity contribution in [3.05, 3.63) is 65.4 Å². The molecule has 8 heteroatoms. The number of hydrogen-bond donors (Lipinski definition) is 0. The first kappa shape index (κ1) is 20.2. The Morgan fingerprint density at radius 2 is 1.94 bits per heavy atom. The Morgan fingerprint density at radius 1 is 1.13 bits per heavy atom. The molecule has 4 aromatic rings. The molecule has 1 atom stereocenters. The number of carbonyl (C=O) groups is 1. The summed E-state index contributed by atoms with van der Waals surface area (Å²) < 4.78 is 3.21. The van der Waals surface area contributed by atoms with Crippen molar-refractivity contribution in [3.8, 4) is 5.69 Å². The van der Waals surface area contributed by atoms with Crippen LogP contribution >= 0.6 is 23.1 Å². The number of aryl methyl sites for hydroxylation is 1. The Balaban J connectivity index is 1.26. The molecular formula is C23H23N5OS2. The summed E-state index contributed by atoms with van der Waals surface area (Å²) in [5.74, 6) is 1.64. The molecule has 0 N–H and O–H groups in total. The molecule has 3 heterocycles. The normalized spacial score (nSPS) is 16.7. The van der Waals surface area contributed by atoms with Crippen LogP contribution in [0, 0.1) is 6.92 Å². The first-order valence-electron chi connectivity index (χ1n) is 10.4. The summed E-state index contributed by atoms with van der Waals surface area (Å²) in [5.41, 5.74) is 2.06. The van der Waals surface area contributed by atoms with Crippen LogP contribution in [-0.4, -0.2) is 49.4 Å². The number of nitrogens with zero attached hydrogens (tertiary/aromatic N) is 5. The molecular weight excluding hydrogens is 426 g/mol. The van der Waals surface area contributed by atoms with Gasteiger partial charge in [-0.2, -0.15) is 0 Å². The number of thioether (sulfide) groups is 1. The van der Waals surface area contributed by atoms with Gasteiger partial charge in [0.15, 0.2) is 5.16 Å². The molecule has 1 aliphatic rings. The highest BCUT2D eigenvalue weighted by Crippen LogP contribution is 2.33. The molecule has 5 rings (SSSR count). The van der Waals surface area contributed by atoms with Gasteiger partial charge < -0.3 is 4.90 Å². The molecule has 1 aliphatic heterocycles. The lowest BCUT2D eigenvalue weighted by molar-refractivity contribution is -0.129. The Labute approximate surface area is 189 Å². The maximum atomic E-state index is 13.0. The number of amides is 1. The van der Waals surface area contributed by atoms with E-state index >= 15 is 0 Å². The fourth-order valence-corrected chi connectivity index (χ4v) is 5.99. The number of rotatable bonds is 5. The SMILES string of the molecule is Cc1nnc(SCC(=O)N2CCC[C@@H](c3nc4ccccc4s3)C2)n1-c1ccccc1. The molecule has 1 saturated heterocycles. The van der Waals surface area contributed by atoms with Gasteiger partial charge >= 0.3 is 0 Å². The summed E-state index contributed by atoms with van der Waals surface area (Å²) in [6.45, 7) is 3.48. The third-order valence-corrected chi connectivity index (χ3v) is 7.68. The van der Waals surface area contributed by atoms with Crippen LogP contribution < -0.4 is 0 Å². The van der Waals surface area contributed by atoms with E-state index in [1.807, 2.05) is 58.9 Å². The second-order valence-electron chi connectivity index (χ2n) is 7.69. The Bertz CT molecular complexity index is 1170. The average Bonchev–Trinajstić information content (AvgIpc) is 3.41. The predicted octanol–water partition coefficient (Wildman–Crippen LogP) is 4.68. The molecule has 0 spiro atoms. The van der Waals surface area contributed by atoms with E-state index in [1.165, 1.54) is 16.5 Å². The van der Waals surface area contributed by atoms with Crippen molar-refractivity contribution in [3.63, 3.8) is 0 Å². The summed E-state index contributed by atoms with van der Waals surface area (Å²) in [5, 5.41) is 10.4. The molecule has 0 radical (unpaired) electrons. The van der Waals surface area contributed by atoms with E-state index in [0.29, 0.717) is 11.7 Å². The van der Waals surface area contributed by atoms with Crippen LogP contribution in [0.4, 0.5) is 0 Å². The fraction of sp³-hybridized carbons (Fsp3) is 0.304. The highest BCUT2D eigenvalue weighted by atomic mass is 32.2. The van der Waals surface area contributed by atoms with Crippen molar-refractivity contribution in [2.75, 3.05) is 18.8 Å². The average molecular weight is 450 g/mol. The molecule has 0 aliphatic carbocycles. The molecule has 0 unspecified atom stereocenters. The molecule has 1 amide bonds. The van der Waals surface area contributed by atoms with Crippen LogP contribution in [0.15, 0.2) is 59.8 Å². The number of para-hydroxylation sites is 2. The number of carbonyl (C=O) groups excluding carboxylic acids is 1. The van der Waals surface area contributed by atoms with Crippen LogP contribution in [0.3, 0.4) is 0 Å². The van der Waals surface area contributed by atoms with Gasteiger partial charge in [0, 0.05) is 24.7 Å². The second-order valence-corrected chi connectivity index (χ2v) is 9.69. The van der Waals surface area contributed by atoms with Crippen molar-refractivity contribution in [1.29, 1.82) is 0 Å². The fourth-order valence-electron chi connectivity index (χ4n) is 4.00. The smallest absolute Gasteiger partial charge is 0.233 e. The lowest BCUT2D eigenvalue weighted by atomic mass is 9.99. The van der Waals surface area contributed by atoms with Crippen LogP contribution in [0.25, 0.3) is 15.9 Å². The number of likely N-dealkylation sites (tertiary alicyclic amines) is 1. The minimum Gasteiger partial charge on any atom is -0.341 e. The van der Waals surface area contributed by atoms with Crippen molar-refractivity contribution in [2.24, 2.45) is 0 Å². The van der Waals surface area contributed by atoms with E-state index in [1.54, 1.807) is 11.3 Å². The lowest BCUT2D eigenvalue weighted by Crippen LogP contribution is -2.40. The second kappa shape index (κ2) is 8.80. The van der Waals surface area contributed by atoms with Gasteiger partial charge in [0.1, 0.15) is 5.82 Å². The molecule has 6 nitrogen and oxygen atoms in total. The summed E-state index contributed by atoms with van der Waals surface area (Å²) in [4.78, 5) is 19.8. The molecule has 31 heavy (non-hydrogen) atoms. The highest BCUT2D eigenvalue weighted by Gasteiger charge is 2.27. The third-order valence-electron chi connectivity index (χ3n) is 5.57. The van der Waals surface area contributed by atoms with Gasteiger partial charge in [-0.15, -0.1) is 21.5 Å². The van der Waals surface area contributed by atoms with Crippen LogP contribution in [-0.2, 0) is 4.79 Å². The monoisotopic (exact) mass is 449 g/mol. The number of thiazole rings is 1. The summed E-state index contributed by atoms with van der Waals surface area (Å²) in [6.07, 6.45) is 2.09. The largest absolute Gasteiger partial charge is 0.341 e. The van der Waals surface area contributed by atoms with Gasteiger partial charge in [0.05, 0.1) is 21.0 Å². The van der Waals surface area contributed by atoms with Gasteiger partial charge in [-0.1, -0.05) is 42.1 Å². The van der Waals surface area contributed by atoms with E-state index in [9.17, 15) is 4.79 Å². The zero-order valence-electron chi connectivity index (χ0n) is 17.3. The topological polar surface area (TPSA) is 63.9 Å². The van der Waals surface area contributed by atoms with E-state index < -0.39 is 0 Å². The van der Waals surface area contributed by atoms with Gasteiger partial charge in [-0.3, -0.25) is 9.36 Å². The highest BCUT2D eigenvalue weighted by molar-refractivity contribution is 7.99. The van der Waals surface area contributed by atoms with Crippen molar-refractivity contribution in [2.45, 2.75) is 30.8 Å². The van der Waals surface area contributed by atoms with Gasteiger partial charge in [-0.25, -0.2) is 4.98 Å². The van der Waals surface area contributed by atoms with Gasteiger partial charge in [0.2, 0.25) is 5.91 Å². The molecule has 2 aromatic carbocycles. The maximum absolute atomic E-state index is 13.0. The first-order chi connectivity index (χ1) is 15.2. The van der Waals surface area contributed by atoms with Crippen LogP contribution in [0.1, 0.15) is 29.6 Å². The van der Waals surface area contributed by atoms with Gasteiger partial charge in [-0.05, 0) is 44.0 Å². The van der Waals surface area contributed by atoms with Crippen molar-refractivity contribution >= 4 is 39.2 Å². The summed E-state index contributed by atoms with van der Waals surface area (Å²) in [6, 6.07) is 18.3. The minimum atomic E-state index is 0.149. The quantitative estimate of drug-likeness (QED) is 0.414. The van der Waals surface area contributed by atoms with Gasteiger partial charge in [0.25, 0.3) is 0 Å². The number of hydrogen-bond acceptors (Lipinski definition) is 6. The van der Waals surface area contributed by atoms with E-state index in [0.717, 1.165) is 53.1 Å². The van der Waals surface area contributed by atoms with Crippen molar-refractivity contribution < 1.29 is 4.79 Å². The standard InChI is InChI=1S/C23H23N5OS2/c1-16-25-26-23(28(16)18-9-3-2-4-10-18)30-15-21(29)27-13-7-8-17(14-27)22-24-19-11-5-6-12-20(19)31-22/h2-6,9-12,17H,7-8,13-15H2,1H3/t17-/m1/s1. The number of fused-ring (bicyclic) bond motifs is 1. The molecule has 158 valence electrons. The molecule has 0 saturated carbocycles. The number of piperidine rings is 1. The van der Waals surface area contributed by atoms with E-state index in [4.69, 9.17) is 4.98 Å². The first-order valence-corrected chi connectivity index (χ1v) is 12.2. The molecule has 1 fully saturated rings. The summed E-state index contributed by atoms with van der Waals surface area (Å²) >= 11 is 3.20. The molecule has 2 aromatic heterocycles. The maximum Gasteiger partial charge on any atom is 0.233 e.